The van der Waals surface area contributed by atoms with E-state index in [1.165, 1.54) is 0 Å². The van der Waals surface area contributed by atoms with Gasteiger partial charge < -0.3 is 4.42 Å². The van der Waals surface area contributed by atoms with Crippen LogP contribution in [0.15, 0.2) is 4.42 Å². The molecule has 0 aliphatic heterocycles. The van der Waals surface area contributed by atoms with Crippen molar-refractivity contribution in [3.05, 3.63) is 17.3 Å². The van der Waals surface area contributed by atoms with E-state index < -0.39 is 4.84 Å². The third-order valence-corrected chi connectivity index (χ3v) is 2.07. The molecule has 0 saturated heterocycles. The number of halogens is 2. The molecule has 0 aliphatic carbocycles. The fourth-order valence-corrected chi connectivity index (χ4v) is 1.38. The number of hydrogen-bond donors (Lipinski definition) is 0. The van der Waals surface area contributed by atoms with Gasteiger partial charge in [-0.05, 0) is 0 Å². The summed E-state index contributed by atoms with van der Waals surface area (Å²) >= 11 is 11.4. The number of nitrogens with zero attached hydrogens (tertiary/aromatic N) is 1. The van der Waals surface area contributed by atoms with Gasteiger partial charge in [0.2, 0.25) is 6.29 Å². The Morgan fingerprint density at radius 1 is 1.43 bits per heavy atom. The van der Waals surface area contributed by atoms with Crippen molar-refractivity contribution in [2.24, 2.45) is 0 Å². The Hall–Kier alpha value is -0.540. The van der Waals surface area contributed by atoms with Crippen molar-refractivity contribution < 1.29 is 9.21 Å². The number of hydrogen-bond acceptors (Lipinski definition) is 3. The summed E-state index contributed by atoms with van der Waals surface area (Å²) in [5.41, 5.74) is 0.147. The molecule has 0 radical (unpaired) electrons. The molecule has 0 saturated carbocycles. The number of aldehydes is 1. The maximum Gasteiger partial charge on any atom is 0.260 e. The molecule has 0 bridgehead atoms. The maximum absolute atomic E-state index is 10.5. The van der Waals surface area contributed by atoms with Gasteiger partial charge in [0.05, 0.1) is 0 Å². The quantitative estimate of drug-likeness (QED) is 0.584. The molecule has 0 spiro atoms. The molecule has 1 rings (SSSR count). The summed E-state index contributed by atoms with van der Waals surface area (Å²) in [6, 6.07) is 0. The molecule has 14 heavy (non-hydrogen) atoms. The first-order chi connectivity index (χ1) is 6.36. The van der Waals surface area contributed by atoms with Gasteiger partial charge in [-0.15, -0.1) is 0 Å². The van der Waals surface area contributed by atoms with Crippen LogP contribution in [0.25, 0.3) is 0 Å². The molecule has 5 heteroatoms. The lowest BCUT2D eigenvalue weighted by Gasteiger charge is -2.16. The van der Waals surface area contributed by atoms with Crippen LogP contribution in [-0.2, 0) is 5.41 Å². The molecule has 78 valence electrons. The van der Waals surface area contributed by atoms with E-state index >= 15 is 0 Å². The first-order valence-electron chi connectivity index (χ1n) is 4.10. The average Bonchev–Trinajstić information content (AvgIpc) is 2.46. The highest BCUT2D eigenvalue weighted by Gasteiger charge is 2.27. The maximum atomic E-state index is 10.5. The molecule has 0 fully saturated rings. The van der Waals surface area contributed by atoms with Gasteiger partial charge in [0, 0.05) is 5.41 Å². The molecule has 1 heterocycles. The molecule has 1 aromatic heterocycles. The molecule has 0 aliphatic rings. The van der Waals surface area contributed by atoms with Crippen LogP contribution in [0.1, 0.15) is 47.7 Å². The van der Waals surface area contributed by atoms with Gasteiger partial charge in [0.25, 0.3) is 5.89 Å². The molecule has 0 unspecified atom stereocenters. The molecule has 0 N–H and O–H groups in total. The van der Waals surface area contributed by atoms with E-state index in [2.05, 4.69) is 4.98 Å². The fourth-order valence-electron chi connectivity index (χ4n) is 1.08. The lowest BCUT2D eigenvalue weighted by Crippen LogP contribution is -2.12. The van der Waals surface area contributed by atoms with Crippen molar-refractivity contribution in [3.63, 3.8) is 0 Å². The van der Waals surface area contributed by atoms with Gasteiger partial charge >= 0.3 is 0 Å². The second-order valence-electron chi connectivity index (χ2n) is 3.94. The number of oxazole rings is 1. The second-order valence-corrected chi connectivity index (χ2v) is 5.03. The molecular formula is C9H11Cl2NO2. The van der Waals surface area contributed by atoms with Gasteiger partial charge in [-0.2, -0.15) is 0 Å². The topological polar surface area (TPSA) is 43.1 Å². The Morgan fingerprint density at radius 3 is 2.29 bits per heavy atom. The van der Waals surface area contributed by atoms with Crippen molar-refractivity contribution in [2.75, 3.05) is 0 Å². The van der Waals surface area contributed by atoms with Crippen LogP contribution >= 0.6 is 23.2 Å². The van der Waals surface area contributed by atoms with E-state index in [9.17, 15) is 4.79 Å². The van der Waals surface area contributed by atoms with Gasteiger partial charge in [0.1, 0.15) is 11.5 Å². The minimum Gasteiger partial charge on any atom is -0.438 e. The van der Waals surface area contributed by atoms with Crippen LogP contribution in [-0.4, -0.2) is 11.3 Å². The Morgan fingerprint density at radius 2 is 2.00 bits per heavy atom. The number of carbonyl (C=O) groups excluding carboxylic acids is 1. The van der Waals surface area contributed by atoms with Crippen molar-refractivity contribution in [1.29, 1.82) is 0 Å². The average molecular weight is 236 g/mol. The van der Waals surface area contributed by atoms with Gasteiger partial charge in [-0.3, -0.25) is 4.79 Å². The SMILES string of the molecule is CC(C)(C)c1oc(C=O)nc1C(Cl)Cl. The first kappa shape index (κ1) is 11.5. The minimum absolute atomic E-state index is 0.0104. The third kappa shape index (κ3) is 2.28. The highest BCUT2D eigenvalue weighted by Crippen LogP contribution is 2.34. The largest absolute Gasteiger partial charge is 0.438 e. The Balaban J connectivity index is 3.26. The normalized spacial score (nSPS) is 12.1. The molecule has 0 atom stereocenters. The van der Waals surface area contributed by atoms with Crippen molar-refractivity contribution in [1.82, 2.24) is 4.98 Å². The first-order valence-corrected chi connectivity index (χ1v) is 4.98. The van der Waals surface area contributed by atoms with Crippen LogP contribution in [0.2, 0.25) is 0 Å². The molecule has 0 aromatic carbocycles. The lowest BCUT2D eigenvalue weighted by molar-refractivity contribution is 0.109. The Kier molecular flexibility index (Phi) is 3.22. The predicted molar refractivity (Wildman–Crippen MR) is 55.0 cm³/mol. The summed E-state index contributed by atoms with van der Waals surface area (Å²) < 4.78 is 5.24. The number of aromatic nitrogens is 1. The molecule has 1 aromatic rings. The predicted octanol–water partition coefficient (Wildman–Crippen LogP) is 3.26. The monoisotopic (exact) mass is 235 g/mol. The van der Waals surface area contributed by atoms with Crippen LogP contribution in [0.4, 0.5) is 0 Å². The zero-order valence-corrected chi connectivity index (χ0v) is 9.69. The van der Waals surface area contributed by atoms with Gasteiger partial charge in [-0.25, -0.2) is 4.98 Å². The Bertz CT molecular complexity index is 339. The van der Waals surface area contributed by atoms with E-state index in [0.717, 1.165) is 0 Å². The van der Waals surface area contributed by atoms with Gasteiger partial charge in [-0.1, -0.05) is 44.0 Å². The van der Waals surface area contributed by atoms with E-state index in [4.69, 9.17) is 27.6 Å². The van der Waals surface area contributed by atoms with Crippen LogP contribution in [0.3, 0.4) is 0 Å². The van der Waals surface area contributed by atoms with E-state index in [1.807, 2.05) is 20.8 Å². The number of carbonyl (C=O) groups is 1. The summed E-state index contributed by atoms with van der Waals surface area (Å²) in [5.74, 6) is 0.561. The van der Waals surface area contributed by atoms with E-state index in [-0.39, 0.29) is 11.3 Å². The highest BCUT2D eigenvalue weighted by molar-refractivity contribution is 6.43. The van der Waals surface area contributed by atoms with Crippen molar-refractivity contribution in [2.45, 2.75) is 31.0 Å². The lowest BCUT2D eigenvalue weighted by atomic mass is 9.92. The smallest absolute Gasteiger partial charge is 0.260 e. The molecular weight excluding hydrogens is 225 g/mol. The van der Waals surface area contributed by atoms with E-state index in [0.29, 0.717) is 17.7 Å². The molecule has 0 amide bonds. The number of rotatable bonds is 2. The summed E-state index contributed by atoms with van der Waals surface area (Å²) in [5, 5.41) is 0. The number of alkyl halides is 2. The summed E-state index contributed by atoms with van der Waals surface area (Å²) in [6.07, 6.45) is 0.537. The highest BCUT2D eigenvalue weighted by atomic mass is 35.5. The summed E-state index contributed by atoms with van der Waals surface area (Å²) in [7, 11) is 0. The zero-order chi connectivity index (χ0) is 10.9. The zero-order valence-electron chi connectivity index (χ0n) is 8.17. The third-order valence-electron chi connectivity index (χ3n) is 1.66. The summed E-state index contributed by atoms with van der Waals surface area (Å²) in [4.78, 5) is 13.6. The minimum atomic E-state index is -0.776. The van der Waals surface area contributed by atoms with Crippen LogP contribution in [0.5, 0.6) is 0 Å². The van der Waals surface area contributed by atoms with Crippen LogP contribution < -0.4 is 0 Å². The van der Waals surface area contributed by atoms with E-state index in [1.54, 1.807) is 0 Å². The van der Waals surface area contributed by atoms with Crippen LogP contribution in [0, 0.1) is 0 Å². The second kappa shape index (κ2) is 3.91. The molecule has 3 nitrogen and oxygen atoms in total. The van der Waals surface area contributed by atoms with Crippen molar-refractivity contribution >= 4 is 29.5 Å². The standard InChI is InChI=1S/C9H11Cl2NO2/c1-9(2,3)7-6(8(10)11)12-5(4-13)14-7/h4,8H,1-3H3. The van der Waals surface area contributed by atoms with Crippen molar-refractivity contribution in [3.8, 4) is 0 Å². The fraction of sp³-hybridized carbons (Fsp3) is 0.556. The summed E-state index contributed by atoms with van der Waals surface area (Å²) in [6.45, 7) is 5.80. The Labute approximate surface area is 92.4 Å². The van der Waals surface area contributed by atoms with Gasteiger partial charge in [0.15, 0.2) is 4.84 Å².